The van der Waals surface area contributed by atoms with Gasteiger partial charge < -0.3 is 9.47 Å². The predicted molar refractivity (Wildman–Crippen MR) is 74.3 cm³/mol. The Balaban J connectivity index is 2.41. The first-order valence-electron chi connectivity index (χ1n) is 6.13. The molecule has 0 aliphatic heterocycles. The SMILES string of the molecule is COC[C@]1(C#N)[C@@H](c2ccc(OC)cc2)[C@@H]1S(C)(=O)=O. The lowest BCUT2D eigenvalue weighted by Gasteiger charge is -2.07. The van der Waals surface area contributed by atoms with Crippen LogP contribution in [0.1, 0.15) is 11.5 Å². The number of sulfone groups is 1. The fourth-order valence-electron chi connectivity index (χ4n) is 2.89. The molecule has 1 aliphatic rings. The first-order valence-corrected chi connectivity index (χ1v) is 8.09. The van der Waals surface area contributed by atoms with Gasteiger partial charge in [0.05, 0.1) is 25.0 Å². The van der Waals surface area contributed by atoms with Crippen LogP contribution in [0.4, 0.5) is 0 Å². The molecule has 0 unspecified atom stereocenters. The Morgan fingerprint density at radius 1 is 1.30 bits per heavy atom. The average Bonchev–Trinajstić information content (AvgIpc) is 3.09. The number of benzene rings is 1. The minimum Gasteiger partial charge on any atom is -0.497 e. The summed E-state index contributed by atoms with van der Waals surface area (Å²) in [5.41, 5.74) is -0.170. The van der Waals surface area contributed by atoms with Gasteiger partial charge in [0.25, 0.3) is 0 Å². The van der Waals surface area contributed by atoms with Crippen molar-refractivity contribution in [1.29, 1.82) is 5.26 Å². The van der Waals surface area contributed by atoms with Crippen LogP contribution in [0.15, 0.2) is 24.3 Å². The third-order valence-electron chi connectivity index (χ3n) is 3.78. The number of hydrogen-bond donors (Lipinski definition) is 0. The normalized spacial score (nSPS) is 28.7. The number of methoxy groups -OCH3 is 2. The Morgan fingerprint density at radius 2 is 1.90 bits per heavy atom. The van der Waals surface area contributed by atoms with E-state index in [1.165, 1.54) is 13.4 Å². The summed E-state index contributed by atoms with van der Waals surface area (Å²) in [4.78, 5) is 0. The van der Waals surface area contributed by atoms with Crippen LogP contribution in [0.5, 0.6) is 5.75 Å². The zero-order valence-electron chi connectivity index (χ0n) is 11.7. The third kappa shape index (κ3) is 2.28. The zero-order valence-corrected chi connectivity index (χ0v) is 12.5. The van der Waals surface area contributed by atoms with Crippen LogP contribution in [-0.4, -0.2) is 40.7 Å². The van der Waals surface area contributed by atoms with E-state index in [0.717, 1.165) is 5.56 Å². The number of ether oxygens (including phenoxy) is 2. The molecular formula is C14H17NO4S. The van der Waals surface area contributed by atoms with Gasteiger partial charge in [-0.05, 0) is 17.7 Å². The molecule has 20 heavy (non-hydrogen) atoms. The van der Waals surface area contributed by atoms with Crippen molar-refractivity contribution >= 4 is 9.84 Å². The second kappa shape index (κ2) is 5.08. The quantitative estimate of drug-likeness (QED) is 0.820. The first-order chi connectivity index (χ1) is 9.40. The molecule has 0 aromatic heterocycles. The van der Waals surface area contributed by atoms with E-state index in [1.807, 2.05) is 0 Å². The molecule has 5 nitrogen and oxygen atoms in total. The summed E-state index contributed by atoms with van der Waals surface area (Å²) in [5.74, 6) is 0.341. The maximum Gasteiger partial charge on any atom is 0.152 e. The number of rotatable bonds is 5. The van der Waals surface area contributed by atoms with E-state index in [1.54, 1.807) is 31.4 Å². The Bertz CT molecular complexity index is 632. The highest BCUT2D eigenvalue weighted by Gasteiger charge is 2.71. The van der Waals surface area contributed by atoms with Crippen LogP contribution in [0.2, 0.25) is 0 Å². The minimum absolute atomic E-state index is 0.109. The van der Waals surface area contributed by atoms with E-state index in [-0.39, 0.29) is 12.5 Å². The molecular weight excluding hydrogens is 278 g/mol. The molecule has 1 saturated carbocycles. The second-order valence-electron chi connectivity index (χ2n) is 5.09. The van der Waals surface area contributed by atoms with E-state index in [0.29, 0.717) is 5.75 Å². The topological polar surface area (TPSA) is 76.4 Å². The van der Waals surface area contributed by atoms with Gasteiger partial charge in [-0.3, -0.25) is 0 Å². The summed E-state index contributed by atoms with van der Waals surface area (Å²) in [6, 6.07) is 9.29. The highest BCUT2D eigenvalue weighted by atomic mass is 32.2. The Kier molecular flexibility index (Phi) is 3.76. The molecule has 0 heterocycles. The predicted octanol–water partition coefficient (Wildman–Crippen LogP) is 1.36. The van der Waals surface area contributed by atoms with Crippen LogP contribution in [0.3, 0.4) is 0 Å². The molecule has 1 aliphatic carbocycles. The van der Waals surface area contributed by atoms with Gasteiger partial charge in [-0.1, -0.05) is 12.1 Å². The standard InChI is InChI=1S/C14H17NO4S/c1-18-9-14(8-15)12(13(14)20(3,16)17)10-4-6-11(19-2)7-5-10/h4-7,12-13H,9H2,1-3H3/t12-,13-,14+/m0/s1. The van der Waals surface area contributed by atoms with E-state index in [4.69, 9.17) is 9.47 Å². The summed E-state index contributed by atoms with van der Waals surface area (Å²) >= 11 is 0. The Labute approximate surface area is 119 Å². The van der Waals surface area contributed by atoms with E-state index in [2.05, 4.69) is 6.07 Å². The lowest BCUT2D eigenvalue weighted by Crippen LogP contribution is -2.17. The van der Waals surface area contributed by atoms with Gasteiger partial charge in [0.15, 0.2) is 9.84 Å². The van der Waals surface area contributed by atoms with Gasteiger partial charge in [-0.2, -0.15) is 5.26 Å². The summed E-state index contributed by atoms with van der Waals surface area (Å²) in [7, 11) is -0.279. The van der Waals surface area contributed by atoms with Crippen LogP contribution in [0.25, 0.3) is 0 Å². The van der Waals surface area contributed by atoms with Gasteiger partial charge in [0.1, 0.15) is 11.2 Å². The smallest absolute Gasteiger partial charge is 0.152 e. The van der Waals surface area contributed by atoms with Crippen molar-refractivity contribution in [2.24, 2.45) is 5.41 Å². The molecule has 6 heteroatoms. The lowest BCUT2D eigenvalue weighted by atomic mass is 10.0. The van der Waals surface area contributed by atoms with Crippen LogP contribution in [-0.2, 0) is 14.6 Å². The fraction of sp³-hybridized carbons (Fsp3) is 0.500. The largest absolute Gasteiger partial charge is 0.497 e. The number of nitriles is 1. The highest BCUT2D eigenvalue weighted by molar-refractivity contribution is 7.91. The highest BCUT2D eigenvalue weighted by Crippen LogP contribution is 2.62. The van der Waals surface area contributed by atoms with Crippen LogP contribution >= 0.6 is 0 Å². The van der Waals surface area contributed by atoms with Crippen molar-refractivity contribution in [1.82, 2.24) is 0 Å². The molecule has 2 rings (SSSR count). The Morgan fingerprint density at radius 3 is 2.30 bits per heavy atom. The van der Waals surface area contributed by atoms with Crippen molar-refractivity contribution in [2.75, 3.05) is 27.1 Å². The van der Waals surface area contributed by atoms with Crippen molar-refractivity contribution in [2.45, 2.75) is 11.2 Å². The van der Waals surface area contributed by atoms with Crippen molar-refractivity contribution in [3.63, 3.8) is 0 Å². The molecule has 0 radical (unpaired) electrons. The van der Waals surface area contributed by atoms with Gasteiger partial charge in [-0.25, -0.2) is 8.42 Å². The van der Waals surface area contributed by atoms with Crippen LogP contribution < -0.4 is 4.74 Å². The molecule has 0 N–H and O–H groups in total. The van der Waals surface area contributed by atoms with Gasteiger partial charge >= 0.3 is 0 Å². The summed E-state index contributed by atoms with van der Waals surface area (Å²) in [6.07, 6.45) is 1.17. The average molecular weight is 295 g/mol. The molecule has 0 spiro atoms. The summed E-state index contributed by atoms with van der Waals surface area (Å²) in [6.45, 7) is 0.109. The summed E-state index contributed by atoms with van der Waals surface area (Å²) in [5, 5.41) is 8.72. The fourth-order valence-corrected chi connectivity index (χ4v) is 4.74. The lowest BCUT2D eigenvalue weighted by molar-refractivity contribution is 0.162. The Hall–Kier alpha value is -1.58. The van der Waals surface area contributed by atoms with Crippen LogP contribution in [0, 0.1) is 16.7 Å². The minimum atomic E-state index is -3.32. The van der Waals surface area contributed by atoms with Gasteiger partial charge in [0, 0.05) is 19.3 Å². The van der Waals surface area contributed by atoms with E-state index >= 15 is 0 Å². The molecule has 1 fully saturated rings. The van der Waals surface area contributed by atoms with Gasteiger partial charge in [0.2, 0.25) is 0 Å². The molecule has 108 valence electrons. The van der Waals surface area contributed by atoms with Gasteiger partial charge in [-0.15, -0.1) is 0 Å². The monoisotopic (exact) mass is 295 g/mol. The number of hydrogen-bond acceptors (Lipinski definition) is 5. The molecule has 1 aromatic carbocycles. The van der Waals surface area contributed by atoms with Crippen molar-refractivity contribution in [3.05, 3.63) is 29.8 Å². The molecule has 3 atom stereocenters. The maximum atomic E-state index is 11.9. The van der Waals surface area contributed by atoms with Crippen molar-refractivity contribution in [3.8, 4) is 11.8 Å². The second-order valence-corrected chi connectivity index (χ2v) is 7.25. The van der Waals surface area contributed by atoms with Crippen molar-refractivity contribution < 1.29 is 17.9 Å². The molecule has 0 saturated heterocycles. The van der Waals surface area contributed by atoms with E-state index in [9.17, 15) is 13.7 Å². The molecule has 1 aromatic rings. The first kappa shape index (κ1) is 14.8. The third-order valence-corrected chi connectivity index (χ3v) is 5.40. The molecule has 0 bridgehead atoms. The van der Waals surface area contributed by atoms with E-state index < -0.39 is 20.5 Å². The zero-order chi connectivity index (χ0) is 15.0. The molecule has 0 amide bonds. The summed E-state index contributed by atoms with van der Waals surface area (Å²) < 4.78 is 34.0. The number of nitrogens with zero attached hydrogens (tertiary/aromatic N) is 1. The maximum absolute atomic E-state index is 11.9.